The van der Waals surface area contributed by atoms with Gasteiger partial charge in [0.15, 0.2) is 0 Å². The summed E-state index contributed by atoms with van der Waals surface area (Å²) in [5.41, 5.74) is 1.11. The van der Waals surface area contributed by atoms with Crippen molar-refractivity contribution in [3.05, 3.63) is 32.7 Å². The second-order valence-electron chi connectivity index (χ2n) is 5.39. The van der Waals surface area contributed by atoms with Crippen molar-refractivity contribution in [1.29, 1.82) is 0 Å². The van der Waals surface area contributed by atoms with E-state index in [4.69, 9.17) is 0 Å². The average Bonchev–Trinajstić information content (AvgIpc) is 2.96. The minimum atomic E-state index is 0.111. The molecule has 2 aliphatic rings. The Bertz CT molecular complexity index is 657. The van der Waals surface area contributed by atoms with E-state index >= 15 is 0 Å². The number of aromatic nitrogens is 3. The zero-order valence-electron chi connectivity index (χ0n) is 10.7. The van der Waals surface area contributed by atoms with Gasteiger partial charge in [-0.05, 0) is 34.8 Å². The van der Waals surface area contributed by atoms with Crippen LogP contribution in [-0.2, 0) is 0 Å². The highest BCUT2D eigenvalue weighted by Gasteiger charge is 2.35. The molecule has 1 saturated carbocycles. The van der Waals surface area contributed by atoms with Crippen LogP contribution in [0.25, 0.3) is 0 Å². The maximum Gasteiger partial charge on any atom is 0.264 e. The molecule has 0 radical (unpaired) electrons. The molecule has 7 heteroatoms. The quantitative estimate of drug-likeness (QED) is 0.853. The van der Waals surface area contributed by atoms with Crippen LogP contribution in [0.3, 0.4) is 0 Å². The third kappa shape index (κ3) is 2.18. The molecule has 4 rings (SSSR count). The van der Waals surface area contributed by atoms with Gasteiger partial charge in [0.05, 0.1) is 16.6 Å². The zero-order valence-corrected chi connectivity index (χ0v) is 13.1. The summed E-state index contributed by atoms with van der Waals surface area (Å²) in [6, 6.07) is 2.16. The Morgan fingerprint density at radius 1 is 1.40 bits per heavy atom. The molecule has 5 nitrogen and oxygen atoms in total. The summed E-state index contributed by atoms with van der Waals surface area (Å²) < 4.78 is 2.88. The van der Waals surface area contributed by atoms with Crippen molar-refractivity contribution in [2.24, 2.45) is 0 Å². The average molecular weight is 353 g/mol. The number of carbonyl (C=O) groups is 1. The molecular weight excluding hydrogens is 340 g/mol. The third-order valence-electron chi connectivity index (χ3n) is 3.83. The third-order valence-corrected chi connectivity index (χ3v) is 5.50. The van der Waals surface area contributed by atoms with E-state index in [1.165, 1.54) is 24.2 Å². The molecule has 1 amide bonds. The smallest absolute Gasteiger partial charge is 0.264 e. The number of halogens is 1. The van der Waals surface area contributed by atoms with E-state index in [0.29, 0.717) is 5.92 Å². The maximum absolute atomic E-state index is 12.2. The minimum absolute atomic E-state index is 0.111. The van der Waals surface area contributed by atoms with Crippen LogP contribution in [0.1, 0.15) is 40.2 Å². The summed E-state index contributed by atoms with van der Waals surface area (Å²) in [6.45, 7) is 1.45. The van der Waals surface area contributed by atoms with E-state index in [1.807, 2.05) is 27.2 Å². The molecule has 0 unspecified atom stereocenters. The number of thiophene rings is 1. The molecule has 0 spiro atoms. The Morgan fingerprint density at radius 2 is 2.20 bits per heavy atom. The molecule has 1 aliphatic carbocycles. The number of likely N-dealkylation sites (tertiary alicyclic amines) is 1. The van der Waals surface area contributed by atoms with E-state index in [2.05, 4.69) is 26.2 Å². The van der Waals surface area contributed by atoms with E-state index in [1.54, 1.807) is 0 Å². The Morgan fingerprint density at radius 3 is 2.85 bits per heavy atom. The van der Waals surface area contributed by atoms with E-state index in [-0.39, 0.29) is 11.9 Å². The van der Waals surface area contributed by atoms with Crippen molar-refractivity contribution < 1.29 is 4.79 Å². The first-order valence-electron chi connectivity index (χ1n) is 6.66. The number of amides is 1. The molecule has 104 valence electrons. The van der Waals surface area contributed by atoms with Gasteiger partial charge in [-0.1, -0.05) is 5.21 Å². The molecule has 0 aromatic carbocycles. The Kier molecular flexibility index (Phi) is 2.92. The van der Waals surface area contributed by atoms with Crippen molar-refractivity contribution in [2.75, 3.05) is 13.1 Å². The highest BCUT2D eigenvalue weighted by Crippen LogP contribution is 2.39. The van der Waals surface area contributed by atoms with Gasteiger partial charge in [0.2, 0.25) is 0 Å². The lowest BCUT2D eigenvalue weighted by Gasteiger charge is -2.38. The molecule has 3 heterocycles. The van der Waals surface area contributed by atoms with Crippen molar-refractivity contribution in [2.45, 2.75) is 24.8 Å². The van der Waals surface area contributed by atoms with Gasteiger partial charge in [-0.3, -0.25) is 4.79 Å². The largest absolute Gasteiger partial charge is 0.334 e. The van der Waals surface area contributed by atoms with Crippen LogP contribution in [0.15, 0.2) is 22.1 Å². The second kappa shape index (κ2) is 4.66. The number of hydrogen-bond acceptors (Lipinski definition) is 4. The molecule has 0 bridgehead atoms. The van der Waals surface area contributed by atoms with Crippen LogP contribution in [0.2, 0.25) is 0 Å². The van der Waals surface area contributed by atoms with Crippen LogP contribution in [0, 0.1) is 0 Å². The standard InChI is InChI=1S/C13H13BrN4OS/c14-9-3-12(20-7-9)13(19)17-4-10(5-17)18-6-11(15-16-18)8-1-2-8/h3,6-8,10H,1-2,4-5H2. The van der Waals surface area contributed by atoms with Gasteiger partial charge in [0.25, 0.3) is 5.91 Å². The summed E-state index contributed by atoms with van der Waals surface area (Å²) >= 11 is 4.85. The van der Waals surface area contributed by atoms with Gasteiger partial charge in [-0.2, -0.15) is 0 Å². The predicted molar refractivity (Wildman–Crippen MR) is 79.0 cm³/mol. The van der Waals surface area contributed by atoms with Crippen LogP contribution >= 0.6 is 27.3 Å². The summed E-state index contributed by atoms with van der Waals surface area (Å²) in [4.78, 5) is 14.9. The fraction of sp³-hybridized carbons (Fsp3) is 0.462. The SMILES string of the molecule is O=C(c1cc(Br)cs1)N1CC(n2cc(C3CC3)nn2)C1. The van der Waals surface area contributed by atoms with Crippen LogP contribution < -0.4 is 0 Å². The van der Waals surface area contributed by atoms with Gasteiger partial charge < -0.3 is 4.90 Å². The number of rotatable bonds is 3. The van der Waals surface area contributed by atoms with E-state index in [9.17, 15) is 4.79 Å². The molecule has 0 atom stereocenters. The molecule has 0 N–H and O–H groups in total. The van der Waals surface area contributed by atoms with Crippen molar-refractivity contribution >= 4 is 33.2 Å². The highest BCUT2D eigenvalue weighted by molar-refractivity contribution is 9.10. The normalized spacial score (nSPS) is 19.1. The predicted octanol–water partition coefficient (Wildman–Crippen LogP) is 2.68. The molecule has 1 aliphatic heterocycles. The molecular formula is C13H13BrN4OS. The van der Waals surface area contributed by atoms with E-state index < -0.39 is 0 Å². The van der Waals surface area contributed by atoms with Crippen LogP contribution in [-0.4, -0.2) is 38.9 Å². The topological polar surface area (TPSA) is 51.0 Å². The first kappa shape index (κ1) is 12.5. The summed E-state index contributed by atoms with van der Waals surface area (Å²) in [5.74, 6) is 0.740. The van der Waals surface area contributed by atoms with Gasteiger partial charge >= 0.3 is 0 Å². The van der Waals surface area contributed by atoms with Gasteiger partial charge in [-0.25, -0.2) is 4.68 Å². The number of nitrogens with zero attached hydrogens (tertiary/aromatic N) is 4. The molecule has 2 aromatic heterocycles. The fourth-order valence-corrected chi connectivity index (χ4v) is 3.80. The molecule has 2 fully saturated rings. The summed E-state index contributed by atoms with van der Waals surface area (Å²) in [5, 5.41) is 10.3. The van der Waals surface area contributed by atoms with Gasteiger partial charge in [0, 0.05) is 35.1 Å². The second-order valence-corrected chi connectivity index (χ2v) is 7.22. The van der Waals surface area contributed by atoms with Crippen LogP contribution in [0.4, 0.5) is 0 Å². The monoisotopic (exact) mass is 352 g/mol. The number of hydrogen-bond donors (Lipinski definition) is 0. The molecule has 1 saturated heterocycles. The summed E-state index contributed by atoms with van der Waals surface area (Å²) in [6.07, 6.45) is 4.52. The summed E-state index contributed by atoms with van der Waals surface area (Å²) in [7, 11) is 0. The first-order valence-corrected chi connectivity index (χ1v) is 8.33. The lowest BCUT2D eigenvalue weighted by Crippen LogP contribution is -2.50. The maximum atomic E-state index is 12.2. The minimum Gasteiger partial charge on any atom is -0.334 e. The van der Waals surface area contributed by atoms with Gasteiger partial charge in [-0.15, -0.1) is 16.4 Å². The van der Waals surface area contributed by atoms with Crippen LogP contribution in [0.5, 0.6) is 0 Å². The lowest BCUT2D eigenvalue weighted by molar-refractivity contribution is 0.0503. The van der Waals surface area contributed by atoms with Crippen molar-refractivity contribution in [1.82, 2.24) is 19.9 Å². The lowest BCUT2D eigenvalue weighted by atomic mass is 10.1. The first-order chi connectivity index (χ1) is 9.70. The zero-order chi connectivity index (χ0) is 13.7. The Labute approximate surface area is 128 Å². The van der Waals surface area contributed by atoms with E-state index in [0.717, 1.165) is 28.1 Å². The fourth-order valence-electron chi connectivity index (χ4n) is 2.40. The Hall–Kier alpha value is -1.21. The Balaban J connectivity index is 1.39. The van der Waals surface area contributed by atoms with Gasteiger partial charge in [0.1, 0.15) is 0 Å². The highest BCUT2D eigenvalue weighted by atomic mass is 79.9. The van der Waals surface area contributed by atoms with Crippen molar-refractivity contribution in [3.8, 4) is 0 Å². The van der Waals surface area contributed by atoms with Crippen molar-refractivity contribution in [3.63, 3.8) is 0 Å². The molecule has 2 aromatic rings. The molecule has 20 heavy (non-hydrogen) atoms. The number of carbonyl (C=O) groups excluding carboxylic acids is 1.